The molecular weight excluding hydrogens is 343 g/mol. The molecule has 4 heteroatoms. The van der Waals surface area contributed by atoms with Gasteiger partial charge in [-0.1, -0.05) is 41.1 Å². The molecule has 0 radical (unpaired) electrons. The third-order valence-corrected chi connectivity index (χ3v) is 4.40. The fraction of sp³-hybridized carbons (Fsp3) is 0.462. The van der Waals surface area contributed by atoms with Crippen molar-refractivity contribution in [2.24, 2.45) is 0 Å². The SMILES string of the molecule is ICCCCCNCc1nc2ccccc2s1. The third kappa shape index (κ3) is 4.19. The van der Waals surface area contributed by atoms with Crippen molar-refractivity contribution in [1.82, 2.24) is 10.3 Å². The highest BCUT2D eigenvalue weighted by Gasteiger charge is 2.01. The second kappa shape index (κ2) is 7.28. The van der Waals surface area contributed by atoms with Gasteiger partial charge >= 0.3 is 0 Å². The van der Waals surface area contributed by atoms with Crippen LogP contribution >= 0.6 is 33.9 Å². The Hall–Kier alpha value is -0.200. The fourth-order valence-electron chi connectivity index (χ4n) is 1.71. The number of rotatable bonds is 7. The maximum atomic E-state index is 4.60. The molecule has 0 unspecified atom stereocenters. The van der Waals surface area contributed by atoms with Crippen molar-refractivity contribution >= 4 is 44.1 Å². The molecule has 1 aromatic carbocycles. The van der Waals surface area contributed by atoms with Gasteiger partial charge in [0.1, 0.15) is 5.01 Å². The van der Waals surface area contributed by atoms with Crippen molar-refractivity contribution < 1.29 is 0 Å². The number of para-hydroxylation sites is 1. The molecule has 1 heterocycles. The molecule has 0 aliphatic carbocycles. The van der Waals surface area contributed by atoms with Gasteiger partial charge in [0.05, 0.1) is 10.2 Å². The molecule has 0 aliphatic heterocycles. The van der Waals surface area contributed by atoms with E-state index in [0.717, 1.165) is 18.6 Å². The first kappa shape index (κ1) is 13.2. The van der Waals surface area contributed by atoms with Gasteiger partial charge in [-0.3, -0.25) is 0 Å². The Morgan fingerprint density at radius 1 is 1.18 bits per heavy atom. The van der Waals surface area contributed by atoms with Crippen LogP contribution in [0.5, 0.6) is 0 Å². The number of hydrogen-bond donors (Lipinski definition) is 1. The molecular formula is C13H17IN2S. The number of nitrogens with one attached hydrogen (secondary N) is 1. The quantitative estimate of drug-likeness (QED) is 0.459. The highest BCUT2D eigenvalue weighted by molar-refractivity contribution is 14.1. The number of nitrogens with zero attached hydrogens (tertiary/aromatic N) is 1. The number of hydrogen-bond acceptors (Lipinski definition) is 3. The molecule has 0 saturated heterocycles. The predicted molar refractivity (Wildman–Crippen MR) is 84.1 cm³/mol. The maximum Gasteiger partial charge on any atom is 0.108 e. The van der Waals surface area contributed by atoms with Crippen molar-refractivity contribution in [1.29, 1.82) is 0 Å². The molecule has 0 saturated carbocycles. The summed E-state index contributed by atoms with van der Waals surface area (Å²) in [4.78, 5) is 4.60. The number of halogens is 1. The Balaban J connectivity index is 1.75. The minimum Gasteiger partial charge on any atom is -0.310 e. The average Bonchev–Trinajstić information content (AvgIpc) is 2.76. The summed E-state index contributed by atoms with van der Waals surface area (Å²) in [6, 6.07) is 8.33. The smallest absolute Gasteiger partial charge is 0.108 e. The topological polar surface area (TPSA) is 24.9 Å². The van der Waals surface area contributed by atoms with Crippen LogP contribution in [0.25, 0.3) is 10.2 Å². The Bertz CT molecular complexity index is 422. The second-order valence-corrected chi connectivity index (χ2v) is 6.20. The first-order valence-electron chi connectivity index (χ1n) is 6.01. The van der Waals surface area contributed by atoms with E-state index in [1.54, 1.807) is 11.3 Å². The minimum atomic E-state index is 0.906. The third-order valence-electron chi connectivity index (χ3n) is 2.60. The summed E-state index contributed by atoms with van der Waals surface area (Å²) in [5, 5.41) is 4.66. The van der Waals surface area contributed by atoms with Gasteiger partial charge in [0.25, 0.3) is 0 Å². The molecule has 2 aromatic rings. The average molecular weight is 360 g/mol. The molecule has 0 aliphatic rings. The zero-order valence-electron chi connectivity index (χ0n) is 9.79. The first-order valence-corrected chi connectivity index (χ1v) is 8.35. The van der Waals surface area contributed by atoms with Gasteiger partial charge in [-0.05, 0) is 35.9 Å². The molecule has 0 amide bonds. The standard InChI is InChI=1S/C13H17IN2S/c14-8-4-1-5-9-15-10-13-16-11-6-2-3-7-12(11)17-13/h2-3,6-7,15H,1,4-5,8-10H2. The van der Waals surface area contributed by atoms with Crippen LogP contribution in [0.3, 0.4) is 0 Å². The van der Waals surface area contributed by atoms with E-state index in [0.29, 0.717) is 0 Å². The van der Waals surface area contributed by atoms with Crippen LogP contribution in [0.4, 0.5) is 0 Å². The van der Waals surface area contributed by atoms with Gasteiger partial charge in [-0.25, -0.2) is 4.98 Å². The van der Waals surface area contributed by atoms with Gasteiger partial charge in [0.2, 0.25) is 0 Å². The fourth-order valence-corrected chi connectivity index (χ4v) is 3.19. The predicted octanol–water partition coefficient (Wildman–Crippen LogP) is 3.99. The zero-order valence-corrected chi connectivity index (χ0v) is 12.8. The lowest BCUT2D eigenvalue weighted by atomic mass is 10.2. The largest absolute Gasteiger partial charge is 0.310 e. The highest BCUT2D eigenvalue weighted by Crippen LogP contribution is 2.21. The van der Waals surface area contributed by atoms with Gasteiger partial charge in [-0.2, -0.15) is 0 Å². The van der Waals surface area contributed by atoms with Crippen LogP contribution in [-0.4, -0.2) is 16.0 Å². The van der Waals surface area contributed by atoms with Crippen molar-refractivity contribution in [2.75, 3.05) is 11.0 Å². The summed E-state index contributed by atoms with van der Waals surface area (Å²) in [5.41, 5.74) is 1.12. The van der Waals surface area contributed by atoms with E-state index in [2.05, 4.69) is 51.1 Å². The lowest BCUT2D eigenvalue weighted by molar-refractivity contribution is 0.619. The van der Waals surface area contributed by atoms with E-state index in [1.165, 1.54) is 33.4 Å². The van der Waals surface area contributed by atoms with E-state index in [-0.39, 0.29) is 0 Å². The van der Waals surface area contributed by atoms with Crippen LogP contribution in [0.2, 0.25) is 0 Å². The molecule has 1 N–H and O–H groups in total. The molecule has 0 atom stereocenters. The number of thiazole rings is 1. The van der Waals surface area contributed by atoms with Crippen molar-refractivity contribution in [3.8, 4) is 0 Å². The van der Waals surface area contributed by atoms with E-state index in [1.807, 2.05) is 6.07 Å². The van der Waals surface area contributed by atoms with Gasteiger partial charge in [0, 0.05) is 6.54 Å². The Morgan fingerprint density at radius 3 is 2.88 bits per heavy atom. The van der Waals surface area contributed by atoms with Crippen LogP contribution < -0.4 is 5.32 Å². The first-order chi connectivity index (χ1) is 8.40. The van der Waals surface area contributed by atoms with Crippen molar-refractivity contribution in [2.45, 2.75) is 25.8 Å². The van der Waals surface area contributed by atoms with E-state index in [4.69, 9.17) is 0 Å². The number of benzene rings is 1. The molecule has 0 bridgehead atoms. The van der Waals surface area contributed by atoms with Gasteiger partial charge in [-0.15, -0.1) is 11.3 Å². The summed E-state index contributed by atoms with van der Waals surface area (Å²) in [6.45, 7) is 2.01. The lowest BCUT2D eigenvalue weighted by Gasteiger charge is -2.01. The highest BCUT2D eigenvalue weighted by atomic mass is 127. The van der Waals surface area contributed by atoms with Crippen molar-refractivity contribution in [3.05, 3.63) is 29.3 Å². The maximum absolute atomic E-state index is 4.60. The molecule has 0 fully saturated rings. The Morgan fingerprint density at radius 2 is 2.06 bits per heavy atom. The summed E-state index contributed by atoms with van der Waals surface area (Å²) in [6.07, 6.45) is 3.94. The number of alkyl halides is 1. The van der Waals surface area contributed by atoms with Gasteiger partial charge < -0.3 is 5.32 Å². The summed E-state index contributed by atoms with van der Waals surface area (Å²) < 4.78 is 2.56. The molecule has 92 valence electrons. The zero-order chi connectivity index (χ0) is 11.9. The molecule has 0 spiro atoms. The Kier molecular flexibility index (Phi) is 5.67. The number of unbranched alkanes of at least 4 members (excludes halogenated alkanes) is 2. The lowest BCUT2D eigenvalue weighted by Crippen LogP contribution is -2.14. The van der Waals surface area contributed by atoms with Crippen molar-refractivity contribution in [3.63, 3.8) is 0 Å². The van der Waals surface area contributed by atoms with Crippen LogP contribution in [0.1, 0.15) is 24.3 Å². The van der Waals surface area contributed by atoms with E-state index < -0.39 is 0 Å². The summed E-state index contributed by atoms with van der Waals surface area (Å²) >= 11 is 4.23. The minimum absolute atomic E-state index is 0.906. The number of aromatic nitrogens is 1. The normalized spacial score (nSPS) is 11.1. The van der Waals surface area contributed by atoms with E-state index >= 15 is 0 Å². The molecule has 2 rings (SSSR count). The summed E-state index contributed by atoms with van der Waals surface area (Å²) in [7, 11) is 0. The number of fused-ring (bicyclic) bond motifs is 1. The van der Waals surface area contributed by atoms with E-state index in [9.17, 15) is 0 Å². The molecule has 2 nitrogen and oxygen atoms in total. The Labute approximate surface area is 120 Å². The molecule has 1 aromatic heterocycles. The van der Waals surface area contributed by atoms with Crippen LogP contribution in [-0.2, 0) is 6.54 Å². The second-order valence-electron chi connectivity index (χ2n) is 4.00. The van der Waals surface area contributed by atoms with Crippen LogP contribution in [0.15, 0.2) is 24.3 Å². The van der Waals surface area contributed by atoms with Gasteiger partial charge in [0.15, 0.2) is 0 Å². The molecule has 17 heavy (non-hydrogen) atoms. The monoisotopic (exact) mass is 360 g/mol. The summed E-state index contributed by atoms with van der Waals surface area (Å²) in [5.74, 6) is 0. The van der Waals surface area contributed by atoms with Crippen LogP contribution in [0, 0.1) is 0 Å².